The molecule has 2 rings (SSSR count). The number of ether oxygens (including phenoxy) is 1. The summed E-state index contributed by atoms with van der Waals surface area (Å²) >= 11 is 1.54. The number of hydrogen-bond acceptors (Lipinski definition) is 7. The quantitative estimate of drug-likeness (QED) is 0.799. The van der Waals surface area contributed by atoms with Crippen molar-refractivity contribution in [1.29, 1.82) is 0 Å². The molecular weight excluding hydrogens is 288 g/mol. The Morgan fingerprint density at radius 1 is 1.43 bits per heavy atom. The molecule has 0 radical (unpaired) electrons. The highest BCUT2D eigenvalue weighted by molar-refractivity contribution is 7.16. The molecule has 0 amide bonds. The van der Waals surface area contributed by atoms with Gasteiger partial charge in [0.2, 0.25) is 5.95 Å². The number of carbonyl (C=O) groups excluding carboxylic acids is 1. The number of anilines is 2. The zero-order valence-corrected chi connectivity index (χ0v) is 13.5. The lowest BCUT2D eigenvalue weighted by atomic mass is 10.0. The summed E-state index contributed by atoms with van der Waals surface area (Å²) in [6, 6.07) is 1.51. The van der Waals surface area contributed by atoms with E-state index in [0.29, 0.717) is 11.8 Å². The molecule has 2 heterocycles. The number of aromatic nitrogens is 2. The van der Waals surface area contributed by atoms with Crippen molar-refractivity contribution in [3.8, 4) is 0 Å². The van der Waals surface area contributed by atoms with Gasteiger partial charge in [0.15, 0.2) is 0 Å². The Labute approximate surface area is 127 Å². The molecule has 1 unspecified atom stereocenters. The third-order valence-corrected chi connectivity index (χ3v) is 3.88. The van der Waals surface area contributed by atoms with Gasteiger partial charge in [-0.2, -0.15) is 4.98 Å². The van der Waals surface area contributed by atoms with Gasteiger partial charge in [-0.25, -0.2) is 9.78 Å². The monoisotopic (exact) mass is 308 g/mol. The summed E-state index contributed by atoms with van der Waals surface area (Å²) in [5.74, 6) is 1.00. The maximum atomic E-state index is 11.9. The van der Waals surface area contributed by atoms with E-state index in [0.717, 1.165) is 16.8 Å². The minimum Gasteiger partial charge on any atom is -0.467 e. The van der Waals surface area contributed by atoms with Gasteiger partial charge < -0.3 is 15.4 Å². The van der Waals surface area contributed by atoms with Gasteiger partial charge in [0.05, 0.1) is 12.5 Å². The fourth-order valence-corrected chi connectivity index (χ4v) is 2.74. The molecule has 2 N–H and O–H groups in total. The van der Waals surface area contributed by atoms with E-state index in [4.69, 9.17) is 4.74 Å². The highest BCUT2D eigenvalue weighted by Gasteiger charge is 2.24. The van der Waals surface area contributed by atoms with Crippen LogP contribution in [-0.2, 0) is 9.53 Å². The number of nitrogens with zero attached hydrogens (tertiary/aromatic N) is 2. The Morgan fingerprint density at radius 2 is 2.19 bits per heavy atom. The van der Waals surface area contributed by atoms with Crippen molar-refractivity contribution in [2.24, 2.45) is 5.92 Å². The summed E-state index contributed by atoms with van der Waals surface area (Å²) in [7, 11) is 1.39. The van der Waals surface area contributed by atoms with Gasteiger partial charge in [-0.05, 0) is 24.3 Å². The number of hydrogen-bond donors (Lipinski definition) is 2. The highest BCUT2D eigenvalue weighted by atomic mass is 32.1. The molecule has 0 fully saturated rings. The minimum absolute atomic E-state index is 0.0867. The highest BCUT2D eigenvalue weighted by Crippen LogP contribution is 2.27. The van der Waals surface area contributed by atoms with Gasteiger partial charge in [0.1, 0.15) is 16.7 Å². The lowest BCUT2D eigenvalue weighted by Crippen LogP contribution is -2.35. The van der Waals surface area contributed by atoms with Gasteiger partial charge in [-0.15, -0.1) is 11.3 Å². The summed E-state index contributed by atoms with van der Waals surface area (Å²) in [5.41, 5.74) is 0. The van der Waals surface area contributed by atoms with E-state index in [2.05, 4.69) is 20.6 Å². The summed E-state index contributed by atoms with van der Waals surface area (Å²) in [6.45, 7) is 6.65. The van der Waals surface area contributed by atoms with Crippen LogP contribution >= 0.6 is 11.3 Å². The Hall–Kier alpha value is -1.89. The molecule has 21 heavy (non-hydrogen) atoms. The second kappa shape index (κ2) is 6.71. The van der Waals surface area contributed by atoms with Crippen LogP contribution in [0.25, 0.3) is 10.2 Å². The first-order chi connectivity index (χ1) is 10.1. The smallest absolute Gasteiger partial charge is 0.328 e. The Bertz CT molecular complexity index is 626. The average molecular weight is 308 g/mol. The van der Waals surface area contributed by atoms with Crippen LogP contribution in [0.3, 0.4) is 0 Å². The predicted molar refractivity (Wildman–Crippen MR) is 85.8 cm³/mol. The summed E-state index contributed by atoms with van der Waals surface area (Å²) in [4.78, 5) is 21.7. The summed E-state index contributed by atoms with van der Waals surface area (Å²) in [5, 5.41) is 9.18. The number of fused-ring (bicyclic) bond motifs is 1. The largest absolute Gasteiger partial charge is 0.467 e. The number of methoxy groups -OCH3 is 1. The maximum Gasteiger partial charge on any atom is 0.328 e. The first-order valence-electron chi connectivity index (χ1n) is 6.90. The van der Waals surface area contributed by atoms with Gasteiger partial charge in [-0.1, -0.05) is 13.8 Å². The van der Waals surface area contributed by atoms with Crippen molar-refractivity contribution in [1.82, 2.24) is 9.97 Å². The maximum absolute atomic E-state index is 11.9. The number of carbonyl (C=O) groups is 1. The third kappa shape index (κ3) is 3.41. The van der Waals surface area contributed by atoms with Crippen molar-refractivity contribution in [2.75, 3.05) is 24.3 Å². The molecule has 0 spiro atoms. The molecule has 114 valence electrons. The Balaban J connectivity index is 2.39. The Kier molecular flexibility index (Phi) is 4.95. The number of esters is 1. The molecule has 0 bridgehead atoms. The number of thiophene rings is 1. The lowest BCUT2D eigenvalue weighted by molar-refractivity contribution is -0.142. The molecule has 0 aliphatic rings. The molecule has 0 aromatic carbocycles. The van der Waals surface area contributed by atoms with Crippen LogP contribution < -0.4 is 10.6 Å². The molecule has 2 aromatic rings. The van der Waals surface area contributed by atoms with Crippen LogP contribution in [0.4, 0.5) is 11.8 Å². The fourth-order valence-electron chi connectivity index (χ4n) is 1.97. The van der Waals surface area contributed by atoms with Crippen LogP contribution in [0.5, 0.6) is 0 Å². The van der Waals surface area contributed by atoms with E-state index in [1.165, 1.54) is 7.11 Å². The first kappa shape index (κ1) is 15.5. The first-order valence-corrected chi connectivity index (χ1v) is 7.78. The van der Waals surface area contributed by atoms with Gasteiger partial charge in [-0.3, -0.25) is 0 Å². The molecular formula is C14H20N4O2S. The number of rotatable bonds is 6. The average Bonchev–Trinajstić information content (AvgIpc) is 2.92. The molecule has 0 saturated heterocycles. The lowest BCUT2D eigenvalue weighted by Gasteiger charge is -2.21. The van der Waals surface area contributed by atoms with Crippen LogP contribution in [-0.4, -0.2) is 35.6 Å². The van der Waals surface area contributed by atoms with Crippen molar-refractivity contribution < 1.29 is 9.53 Å². The van der Waals surface area contributed by atoms with Crippen LogP contribution in [0.1, 0.15) is 20.8 Å². The number of nitrogens with one attached hydrogen (secondary N) is 2. The van der Waals surface area contributed by atoms with E-state index in [1.54, 1.807) is 11.3 Å². The van der Waals surface area contributed by atoms with E-state index in [9.17, 15) is 4.79 Å². The molecule has 1 atom stereocenters. The second-order valence-corrected chi connectivity index (χ2v) is 5.85. The predicted octanol–water partition coefficient (Wildman–Crippen LogP) is 2.73. The van der Waals surface area contributed by atoms with Crippen LogP contribution in [0.15, 0.2) is 11.4 Å². The van der Waals surface area contributed by atoms with Crippen LogP contribution in [0, 0.1) is 5.92 Å². The molecule has 0 aliphatic heterocycles. The van der Waals surface area contributed by atoms with E-state index in [1.807, 2.05) is 32.2 Å². The SMILES string of the molecule is CCNc1nc(NC(C(=O)OC)C(C)C)c2ccsc2n1. The van der Waals surface area contributed by atoms with E-state index in [-0.39, 0.29) is 11.9 Å². The third-order valence-electron chi connectivity index (χ3n) is 3.07. The van der Waals surface area contributed by atoms with Crippen molar-refractivity contribution >= 4 is 39.3 Å². The van der Waals surface area contributed by atoms with Crippen molar-refractivity contribution in [3.63, 3.8) is 0 Å². The van der Waals surface area contributed by atoms with Crippen LogP contribution in [0.2, 0.25) is 0 Å². The minimum atomic E-state index is -0.442. The van der Waals surface area contributed by atoms with Crippen molar-refractivity contribution in [2.45, 2.75) is 26.8 Å². The van der Waals surface area contributed by atoms with Crippen molar-refractivity contribution in [3.05, 3.63) is 11.4 Å². The van der Waals surface area contributed by atoms with Gasteiger partial charge >= 0.3 is 5.97 Å². The standard InChI is InChI=1S/C14H20N4O2S/c1-5-15-14-17-11(9-6-7-21-12(9)18-14)16-10(8(2)3)13(19)20-4/h6-8,10H,5H2,1-4H3,(H2,15,16,17,18). The molecule has 2 aromatic heterocycles. The zero-order chi connectivity index (χ0) is 15.4. The topological polar surface area (TPSA) is 76.1 Å². The molecule has 7 heteroatoms. The van der Waals surface area contributed by atoms with Gasteiger partial charge in [0.25, 0.3) is 0 Å². The summed E-state index contributed by atoms with van der Waals surface area (Å²) in [6.07, 6.45) is 0. The van der Waals surface area contributed by atoms with Gasteiger partial charge in [0, 0.05) is 6.54 Å². The molecule has 0 aliphatic carbocycles. The summed E-state index contributed by atoms with van der Waals surface area (Å²) < 4.78 is 4.86. The molecule has 6 nitrogen and oxygen atoms in total. The van der Waals surface area contributed by atoms with E-state index < -0.39 is 6.04 Å². The molecule has 0 saturated carbocycles. The normalized spacial score (nSPS) is 12.4. The van der Waals surface area contributed by atoms with E-state index >= 15 is 0 Å². The Morgan fingerprint density at radius 3 is 2.81 bits per heavy atom. The fraction of sp³-hybridized carbons (Fsp3) is 0.500. The second-order valence-electron chi connectivity index (χ2n) is 4.95. The zero-order valence-electron chi connectivity index (χ0n) is 12.6.